The van der Waals surface area contributed by atoms with E-state index in [9.17, 15) is 9.90 Å². The summed E-state index contributed by atoms with van der Waals surface area (Å²) >= 11 is 3.33. The first-order valence-electron chi connectivity index (χ1n) is 6.29. The van der Waals surface area contributed by atoms with E-state index in [1.807, 2.05) is 32.9 Å². The summed E-state index contributed by atoms with van der Waals surface area (Å²) in [7, 11) is 0. The average molecular weight is 341 g/mol. The van der Waals surface area contributed by atoms with Gasteiger partial charge in [0.1, 0.15) is 0 Å². The Balaban J connectivity index is 2.20. The standard InChI is InChI=1S/C14H17BrN2O3/c1-14(2,3)12-16-17(13(19)20-12)8-11(18)9-4-6-10(15)7-5-9/h4-7,11,18H,8H2,1-3H3. The first kappa shape index (κ1) is 15.0. The first-order valence-corrected chi connectivity index (χ1v) is 7.08. The maximum absolute atomic E-state index is 11.7. The fourth-order valence-corrected chi connectivity index (χ4v) is 1.94. The van der Waals surface area contributed by atoms with Crippen LogP contribution in [0.3, 0.4) is 0 Å². The Bertz CT molecular complexity index is 638. The molecule has 2 rings (SSSR count). The van der Waals surface area contributed by atoms with Crippen LogP contribution in [0, 0.1) is 0 Å². The zero-order chi connectivity index (χ0) is 14.9. The van der Waals surface area contributed by atoms with Crippen LogP contribution in [0.1, 0.15) is 38.3 Å². The Hall–Kier alpha value is -1.40. The molecule has 0 bridgehead atoms. The van der Waals surface area contributed by atoms with Crippen LogP contribution in [-0.4, -0.2) is 14.9 Å². The minimum absolute atomic E-state index is 0.0695. The number of nitrogens with zero attached hydrogens (tertiary/aromatic N) is 2. The fraction of sp³-hybridized carbons (Fsp3) is 0.429. The highest BCUT2D eigenvalue weighted by molar-refractivity contribution is 9.10. The molecule has 20 heavy (non-hydrogen) atoms. The molecular weight excluding hydrogens is 324 g/mol. The molecule has 0 saturated carbocycles. The van der Waals surface area contributed by atoms with Crippen LogP contribution >= 0.6 is 15.9 Å². The molecule has 6 heteroatoms. The summed E-state index contributed by atoms with van der Waals surface area (Å²) < 4.78 is 7.21. The molecule has 5 nitrogen and oxygen atoms in total. The van der Waals surface area contributed by atoms with E-state index >= 15 is 0 Å². The van der Waals surface area contributed by atoms with Gasteiger partial charge in [0.05, 0.1) is 12.6 Å². The molecule has 0 aliphatic rings. The van der Waals surface area contributed by atoms with Crippen LogP contribution < -0.4 is 5.76 Å². The Morgan fingerprint density at radius 3 is 2.45 bits per heavy atom. The highest BCUT2D eigenvalue weighted by Gasteiger charge is 2.23. The highest BCUT2D eigenvalue weighted by atomic mass is 79.9. The van der Waals surface area contributed by atoms with E-state index in [2.05, 4.69) is 21.0 Å². The van der Waals surface area contributed by atoms with Crippen molar-refractivity contribution < 1.29 is 9.52 Å². The number of benzene rings is 1. The summed E-state index contributed by atoms with van der Waals surface area (Å²) in [6.45, 7) is 5.80. The number of rotatable bonds is 3. The van der Waals surface area contributed by atoms with Gasteiger partial charge in [-0.25, -0.2) is 4.79 Å². The van der Waals surface area contributed by atoms with Gasteiger partial charge in [-0.2, -0.15) is 4.68 Å². The average Bonchev–Trinajstić information content (AvgIpc) is 2.71. The molecule has 0 amide bonds. The largest absolute Gasteiger partial charge is 0.437 e. The van der Waals surface area contributed by atoms with Gasteiger partial charge < -0.3 is 9.52 Å². The van der Waals surface area contributed by atoms with E-state index in [0.717, 1.165) is 14.7 Å². The van der Waals surface area contributed by atoms with Crippen molar-refractivity contribution in [3.05, 3.63) is 50.7 Å². The maximum Gasteiger partial charge on any atom is 0.437 e. The molecule has 0 radical (unpaired) electrons. The SMILES string of the molecule is CC(C)(C)c1nn(CC(O)c2ccc(Br)cc2)c(=O)o1. The molecule has 0 spiro atoms. The maximum atomic E-state index is 11.7. The van der Waals surface area contributed by atoms with Crippen molar-refractivity contribution in [1.29, 1.82) is 0 Å². The Morgan fingerprint density at radius 2 is 1.95 bits per heavy atom. The lowest BCUT2D eigenvalue weighted by molar-refractivity contribution is 0.148. The number of halogens is 1. The monoisotopic (exact) mass is 340 g/mol. The molecule has 0 aliphatic heterocycles. The topological polar surface area (TPSA) is 68.3 Å². The zero-order valence-electron chi connectivity index (χ0n) is 11.6. The quantitative estimate of drug-likeness (QED) is 0.932. The second-order valence-electron chi connectivity index (χ2n) is 5.67. The van der Waals surface area contributed by atoms with E-state index in [-0.39, 0.29) is 12.0 Å². The van der Waals surface area contributed by atoms with Crippen molar-refractivity contribution in [2.45, 2.75) is 38.8 Å². The molecule has 1 aromatic heterocycles. The summed E-state index contributed by atoms with van der Waals surface area (Å²) in [4.78, 5) is 11.7. The summed E-state index contributed by atoms with van der Waals surface area (Å²) in [5.74, 6) is -0.184. The molecule has 0 fully saturated rings. The van der Waals surface area contributed by atoms with Gasteiger partial charge >= 0.3 is 5.76 Å². The lowest BCUT2D eigenvalue weighted by Gasteiger charge is -2.12. The molecule has 0 aliphatic carbocycles. The van der Waals surface area contributed by atoms with Crippen molar-refractivity contribution in [1.82, 2.24) is 9.78 Å². The number of aliphatic hydroxyl groups is 1. The fourth-order valence-electron chi connectivity index (χ4n) is 1.68. The van der Waals surface area contributed by atoms with Crippen molar-refractivity contribution >= 4 is 15.9 Å². The van der Waals surface area contributed by atoms with Crippen LogP contribution in [0.5, 0.6) is 0 Å². The van der Waals surface area contributed by atoms with Crippen LogP contribution in [0.15, 0.2) is 37.9 Å². The lowest BCUT2D eigenvalue weighted by Crippen LogP contribution is -2.20. The number of aliphatic hydroxyl groups excluding tert-OH is 1. The van der Waals surface area contributed by atoms with Crippen molar-refractivity contribution in [3.63, 3.8) is 0 Å². The van der Waals surface area contributed by atoms with E-state index in [4.69, 9.17) is 4.42 Å². The predicted molar refractivity (Wildman–Crippen MR) is 78.6 cm³/mol. The van der Waals surface area contributed by atoms with Crippen LogP contribution in [0.2, 0.25) is 0 Å². The molecule has 1 atom stereocenters. The van der Waals surface area contributed by atoms with Gasteiger partial charge in [-0.3, -0.25) is 0 Å². The van der Waals surface area contributed by atoms with Gasteiger partial charge in [-0.15, -0.1) is 5.10 Å². The Morgan fingerprint density at radius 1 is 1.35 bits per heavy atom. The summed E-state index contributed by atoms with van der Waals surface area (Å²) in [6.07, 6.45) is -0.807. The van der Waals surface area contributed by atoms with E-state index < -0.39 is 11.9 Å². The number of hydrogen-bond acceptors (Lipinski definition) is 4. The molecule has 108 valence electrons. The van der Waals surface area contributed by atoms with Gasteiger partial charge in [0.15, 0.2) is 0 Å². The van der Waals surface area contributed by atoms with Gasteiger partial charge in [0, 0.05) is 9.89 Å². The normalized spacial score (nSPS) is 13.4. The Labute approximate surface area is 125 Å². The number of aromatic nitrogens is 2. The molecule has 1 unspecified atom stereocenters. The third-order valence-corrected chi connectivity index (χ3v) is 3.38. The minimum atomic E-state index is -0.807. The predicted octanol–water partition coefficient (Wildman–Crippen LogP) is 2.63. The van der Waals surface area contributed by atoms with E-state index in [1.165, 1.54) is 0 Å². The smallest absolute Gasteiger partial charge is 0.392 e. The van der Waals surface area contributed by atoms with Crippen LogP contribution in [0.25, 0.3) is 0 Å². The molecule has 1 N–H and O–H groups in total. The zero-order valence-corrected chi connectivity index (χ0v) is 13.2. The van der Waals surface area contributed by atoms with E-state index in [0.29, 0.717) is 5.89 Å². The summed E-state index contributed by atoms with van der Waals surface area (Å²) in [5, 5.41) is 14.3. The van der Waals surface area contributed by atoms with Gasteiger partial charge in [0.25, 0.3) is 0 Å². The molecule has 0 saturated heterocycles. The van der Waals surface area contributed by atoms with Crippen LogP contribution in [-0.2, 0) is 12.0 Å². The second-order valence-corrected chi connectivity index (χ2v) is 6.59. The molecular formula is C14H17BrN2O3. The third kappa shape index (κ3) is 3.37. The second kappa shape index (κ2) is 5.54. The van der Waals surface area contributed by atoms with Gasteiger partial charge in [0.2, 0.25) is 5.89 Å². The lowest BCUT2D eigenvalue weighted by atomic mass is 9.97. The molecule has 1 heterocycles. The summed E-state index contributed by atoms with van der Waals surface area (Å²) in [6, 6.07) is 7.27. The molecule has 2 aromatic rings. The van der Waals surface area contributed by atoms with Gasteiger partial charge in [-0.1, -0.05) is 48.8 Å². The summed E-state index contributed by atoms with van der Waals surface area (Å²) in [5.41, 5.74) is 0.382. The van der Waals surface area contributed by atoms with Crippen molar-refractivity contribution in [2.75, 3.05) is 0 Å². The third-order valence-electron chi connectivity index (χ3n) is 2.85. The van der Waals surface area contributed by atoms with Crippen molar-refractivity contribution in [3.8, 4) is 0 Å². The minimum Gasteiger partial charge on any atom is -0.392 e. The van der Waals surface area contributed by atoms with Crippen LogP contribution in [0.4, 0.5) is 0 Å². The Kier molecular flexibility index (Phi) is 4.15. The number of hydrogen-bond donors (Lipinski definition) is 1. The van der Waals surface area contributed by atoms with Gasteiger partial charge in [-0.05, 0) is 17.7 Å². The molecule has 1 aromatic carbocycles. The van der Waals surface area contributed by atoms with E-state index in [1.54, 1.807) is 12.1 Å². The highest BCUT2D eigenvalue weighted by Crippen LogP contribution is 2.20. The first-order chi connectivity index (χ1) is 9.27. The van der Waals surface area contributed by atoms with Crippen molar-refractivity contribution in [2.24, 2.45) is 0 Å².